The average Bonchev–Trinajstić information content (AvgIpc) is 2.57. The van der Waals surface area contributed by atoms with Crippen LogP contribution in [0.15, 0.2) is 48.5 Å². The molecule has 5 atom stereocenters. The Kier molecular flexibility index (Phi) is 5.84. The molecule has 5 N–H and O–H groups in total. The molecular formula is C16H20O6. The summed E-state index contributed by atoms with van der Waals surface area (Å²) < 4.78 is 4.58. The van der Waals surface area contributed by atoms with E-state index in [-0.39, 0.29) is 0 Å². The van der Waals surface area contributed by atoms with E-state index >= 15 is 0 Å². The number of aliphatic hydroxyl groups excluding tert-OH is 5. The maximum atomic E-state index is 9.12. The van der Waals surface area contributed by atoms with Gasteiger partial charge in [0.2, 0.25) is 0 Å². The van der Waals surface area contributed by atoms with E-state index in [9.17, 15) is 0 Å². The van der Waals surface area contributed by atoms with Gasteiger partial charge in [-0.15, -0.1) is 0 Å². The standard InChI is InChI=1S/C10H8.C6H12O6/c1-2-6-10-8-4-3-7-9(10)5-1;7-1-2-3(8)4(9)5(10)6(11)12-2/h1-8H;2-11H,1H2/t;2-,3-,4+,5-,6+/m.1/s1. The quantitative estimate of drug-likeness (QED) is 0.491. The molecule has 1 heterocycles. The molecule has 1 aliphatic rings. The zero-order chi connectivity index (χ0) is 16.1. The molecule has 0 saturated carbocycles. The minimum absolute atomic E-state index is 0.526. The Balaban J connectivity index is 0.000000162. The predicted octanol–water partition coefficient (Wildman–Crippen LogP) is -0.382. The molecule has 0 aliphatic carbocycles. The number of benzene rings is 2. The number of rotatable bonds is 1. The van der Waals surface area contributed by atoms with Gasteiger partial charge in [0.1, 0.15) is 24.4 Å². The molecule has 0 bridgehead atoms. The molecule has 0 unspecified atom stereocenters. The van der Waals surface area contributed by atoms with Crippen LogP contribution in [0.4, 0.5) is 0 Å². The van der Waals surface area contributed by atoms with Crippen molar-refractivity contribution < 1.29 is 30.3 Å². The number of aliphatic hydroxyl groups is 5. The number of ether oxygens (including phenoxy) is 1. The van der Waals surface area contributed by atoms with Crippen LogP contribution in [0.25, 0.3) is 10.8 Å². The maximum absolute atomic E-state index is 9.12. The van der Waals surface area contributed by atoms with Crippen molar-refractivity contribution in [3.63, 3.8) is 0 Å². The minimum Gasteiger partial charge on any atom is -0.394 e. The molecule has 0 amide bonds. The molecule has 0 spiro atoms. The predicted molar refractivity (Wildman–Crippen MR) is 79.9 cm³/mol. The Morgan fingerprint density at radius 3 is 1.59 bits per heavy atom. The third-order valence-electron chi connectivity index (χ3n) is 3.53. The van der Waals surface area contributed by atoms with Gasteiger partial charge >= 0.3 is 0 Å². The summed E-state index contributed by atoms with van der Waals surface area (Å²) >= 11 is 0. The van der Waals surface area contributed by atoms with Crippen molar-refractivity contribution in [3.8, 4) is 0 Å². The molecule has 120 valence electrons. The number of fused-ring (bicyclic) bond motifs is 1. The smallest absolute Gasteiger partial charge is 0.184 e. The van der Waals surface area contributed by atoms with E-state index in [0.29, 0.717) is 0 Å². The van der Waals surface area contributed by atoms with Crippen LogP contribution in [-0.2, 0) is 4.74 Å². The van der Waals surface area contributed by atoms with E-state index in [1.807, 2.05) is 0 Å². The molecule has 6 nitrogen and oxygen atoms in total. The molecular weight excluding hydrogens is 288 g/mol. The summed E-state index contributed by atoms with van der Waals surface area (Å²) in [5.74, 6) is 0. The fraction of sp³-hybridized carbons (Fsp3) is 0.375. The average molecular weight is 308 g/mol. The maximum Gasteiger partial charge on any atom is 0.184 e. The first-order valence-electron chi connectivity index (χ1n) is 6.97. The van der Waals surface area contributed by atoms with E-state index in [1.54, 1.807) is 0 Å². The van der Waals surface area contributed by atoms with Gasteiger partial charge in [0.15, 0.2) is 6.29 Å². The molecule has 1 fully saturated rings. The third-order valence-corrected chi connectivity index (χ3v) is 3.53. The number of hydrogen-bond acceptors (Lipinski definition) is 6. The molecule has 3 rings (SSSR count). The van der Waals surface area contributed by atoms with Gasteiger partial charge in [-0.25, -0.2) is 0 Å². The van der Waals surface area contributed by atoms with Gasteiger partial charge in [-0.05, 0) is 10.8 Å². The first-order chi connectivity index (χ1) is 10.5. The highest BCUT2D eigenvalue weighted by Crippen LogP contribution is 2.19. The highest BCUT2D eigenvalue weighted by molar-refractivity contribution is 5.81. The molecule has 2 aromatic rings. The van der Waals surface area contributed by atoms with Crippen molar-refractivity contribution in [1.82, 2.24) is 0 Å². The molecule has 1 saturated heterocycles. The van der Waals surface area contributed by atoms with Crippen LogP contribution < -0.4 is 0 Å². The van der Waals surface area contributed by atoms with Crippen LogP contribution in [0, 0.1) is 0 Å². The first kappa shape index (κ1) is 16.8. The Morgan fingerprint density at radius 1 is 0.727 bits per heavy atom. The summed E-state index contributed by atoms with van der Waals surface area (Å²) in [6.07, 6.45) is -7.04. The lowest BCUT2D eigenvalue weighted by molar-refractivity contribution is -0.286. The minimum atomic E-state index is -1.57. The van der Waals surface area contributed by atoms with Gasteiger partial charge in [-0.3, -0.25) is 0 Å². The molecule has 0 radical (unpaired) electrons. The molecule has 0 aromatic heterocycles. The van der Waals surface area contributed by atoms with Gasteiger partial charge in [0.05, 0.1) is 6.61 Å². The summed E-state index contributed by atoms with van der Waals surface area (Å²) in [7, 11) is 0. The van der Waals surface area contributed by atoms with E-state index in [4.69, 9.17) is 25.5 Å². The Bertz CT molecular complexity index is 519. The summed E-state index contributed by atoms with van der Waals surface area (Å²) in [6, 6.07) is 16.7. The van der Waals surface area contributed by atoms with Crippen LogP contribution in [-0.4, -0.2) is 62.8 Å². The lowest BCUT2D eigenvalue weighted by Crippen LogP contribution is -2.58. The Labute approximate surface area is 127 Å². The van der Waals surface area contributed by atoms with Gasteiger partial charge in [0.25, 0.3) is 0 Å². The van der Waals surface area contributed by atoms with Crippen molar-refractivity contribution in [2.45, 2.75) is 30.7 Å². The van der Waals surface area contributed by atoms with Crippen LogP contribution in [0.3, 0.4) is 0 Å². The monoisotopic (exact) mass is 308 g/mol. The topological polar surface area (TPSA) is 110 Å². The third kappa shape index (κ3) is 3.80. The fourth-order valence-electron chi connectivity index (χ4n) is 2.21. The van der Waals surface area contributed by atoms with Gasteiger partial charge < -0.3 is 30.3 Å². The van der Waals surface area contributed by atoms with E-state index in [0.717, 1.165) is 0 Å². The Hall–Kier alpha value is -1.54. The Morgan fingerprint density at radius 2 is 1.18 bits per heavy atom. The van der Waals surface area contributed by atoms with Crippen LogP contribution in [0.5, 0.6) is 0 Å². The van der Waals surface area contributed by atoms with Crippen molar-refractivity contribution in [1.29, 1.82) is 0 Å². The largest absolute Gasteiger partial charge is 0.394 e. The molecule has 6 heteroatoms. The lowest BCUT2D eigenvalue weighted by Gasteiger charge is -2.37. The highest BCUT2D eigenvalue weighted by atomic mass is 16.6. The van der Waals surface area contributed by atoms with E-state index in [2.05, 4.69) is 53.3 Å². The van der Waals surface area contributed by atoms with Crippen LogP contribution >= 0.6 is 0 Å². The fourth-order valence-corrected chi connectivity index (χ4v) is 2.21. The molecule has 2 aromatic carbocycles. The second kappa shape index (κ2) is 7.64. The van der Waals surface area contributed by atoms with E-state index < -0.39 is 37.3 Å². The summed E-state index contributed by atoms with van der Waals surface area (Å²) in [5, 5.41) is 47.3. The van der Waals surface area contributed by atoms with Gasteiger partial charge in [0, 0.05) is 0 Å². The molecule has 22 heavy (non-hydrogen) atoms. The van der Waals surface area contributed by atoms with Crippen molar-refractivity contribution in [2.75, 3.05) is 6.61 Å². The zero-order valence-electron chi connectivity index (χ0n) is 11.9. The van der Waals surface area contributed by atoms with Crippen molar-refractivity contribution in [2.24, 2.45) is 0 Å². The number of hydrogen-bond donors (Lipinski definition) is 5. The highest BCUT2D eigenvalue weighted by Gasteiger charge is 2.42. The second-order valence-electron chi connectivity index (χ2n) is 5.07. The molecule has 1 aliphatic heterocycles. The summed E-state index contributed by atoms with van der Waals surface area (Å²) in [5.41, 5.74) is 0. The zero-order valence-corrected chi connectivity index (χ0v) is 11.9. The summed E-state index contributed by atoms with van der Waals surface area (Å²) in [6.45, 7) is -0.526. The summed E-state index contributed by atoms with van der Waals surface area (Å²) in [4.78, 5) is 0. The van der Waals surface area contributed by atoms with Crippen molar-refractivity contribution in [3.05, 3.63) is 48.5 Å². The van der Waals surface area contributed by atoms with E-state index in [1.165, 1.54) is 10.8 Å². The van der Waals surface area contributed by atoms with Gasteiger partial charge in [-0.1, -0.05) is 48.5 Å². The van der Waals surface area contributed by atoms with Crippen molar-refractivity contribution >= 4 is 10.8 Å². The first-order valence-corrected chi connectivity index (χ1v) is 6.97. The lowest BCUT2D eigenvalue weighted by atomic mass is 10.00. The SMILES string of the molecule is OC[C@H]1O[C@H](O)[C@H](O)[C@@H](O)[C@@H]1O.c1ccc2ccccc2c1. The normalized spacial score (nSPS) is 31.4. The van der Waals surface area contributed by atoms with Crippen LogP contribution in [0.1, 0.15) is 0 Å². The second-order valence-corrected chi connectivity index (χ2v) is 5.07. The van der Waals surface area contributed by atoms with Crippen LogP contribution in [0.2, 0.25) is 0 Å². The van der Waals surface area contributed by atoms with Gasteiger partial charge in [-0.2, -0.15) is 0 Å².